The summed E-state index contributed by atoms with van der Waals surface area (Å²) < 4.78 is 0. The number of aromatic nitrogens is 1. The zero-order valence-electron chi connectivity index (χ0n) is 12.4. The number of likely N-dealkylation sites (tertiary alicyclic amines) is 1. The third-order valence-corrected chi connectivity index (χ3v) is 5.84. The Hall–Kier alpha value is -0.710. The van der Waals surface area contributed by atoms with Gasteiger partial charge in [0.2, 0.25) is 0 Å². The zero-order valence-corrected chi connectivity index (χ0v) is 14.1. The van der Waals surface area contributed by atoms with Crippen LogP contribution in [0.2, 0.25) is 0 Å². The Balaban J connectivity index is 1.71. The summed E-state index contributed by atoms with van der Waals surface area (Å²) in [6.07, 6.45) is 2.30. The molecule has 2 aromatic heterocycles. The van der Waals surface area contributed by atoms with E-state index in [2.05, 4.69) is 48.6 Å². The van der Waals surface area contributed by atoms with E-state index in [-0.39, 0.29) is 0 Å². The number of hydrogen-bond donors (Lipinski definition) is 0. The van der Waals surface area contributed by atoms with E-state index in [0.717, 1.165) is 19.5 Å². The van der Waals surface area contributed by atoms with Crippen molar-refractivity contribution in [3.8, 4) is 0 Å². The molecule has 0 unspecified atom stereocenters. The Morgan fingerprint density at radius 1 is 1.40 bits per heavy atom. The number of thiazole rings is 1. The molecule has 0 N–H and O–H groups in total. The smallest absolute Gasteiger partial charge is 0.0928 e. The Morgan fingerprint density at radius 2 is 2.25 bits per heavy atom. The first-order chi connectivity index (χ1) is 9.60. The first kappa shape index (κ1) is 14.2. The van der Waals surface area contributed by atoms with Gasteiger partial charge in [0.15, 0.2) is 0 Å². The van der Waals surface area contributed by atoms with Crippen LogP contribution in [0.25, 0.3) is 0 Å². The lowest BCUT2D eigenvalue weighted by molar-refractivity contribution is -0.0574. The predicted octanol–water partition coefficient (Wildman–Crippen LogP) is 4.74. The summed E-state index contributed by atoms with van der Waals surface area (Å²) in [7, 11) is 0. The van der Waals surface area contributed by atoms with Crippen LogP contribution in [0.1, 0.15) is 48.8 Å². The van der Waals surface area contributed by atoms with Gasteiger partial charge in [-0.2, -0.15) is 0 Å². The minimum atomic E-state index is 0.382. The molecule has 3 rings (SSSR count). The van der Waals surface area contributed by atoms with E-state index in [9.17, 15) is 0 Å². The third-order valence-electron chi connectivity index (χ3n) is 3.96. The molecule has 1 aliphatic heterocycles. The van der Waals surface area contributed by atoms with E-state index < -0.39 is 0 Å². The number of rotatable bonds is 5. The van der Waals surface area contributed by atoms with Gasteiger partial charge in [0.25, 0.3) is 0 Å². The minimum absolute atomic E-state index is 0.382. The molecule has 1 saturated heterocycles. The predicted molar refractivity (Wildman–Crippen MR) is 87.4 cm³/mol. The Kier molecular flexibility index (Phi) is 3.98. The summed E-state index contributed by atoms with van der Waals surface area (Å²) in [6.45, 7) is 9.11. The van der Waals surface area contributed by atoms with Crippen LogP contribution in [0.4, 0.5) is 0 Å². The second-order valence-corrected chi connectivity index (χ2v) is 8.22. The van der Waals surface area contributed by atoms with Gasteiger partial charge < -0.3 is 0 Å². The van der Waals surface area contributed by atoms with Crippen molar-refractivity contribution in [2.75, 3.05) is 6.54 Å². The molecule has 0 spiro atoms. The van der Waals surface area contributed by atoms with Crippen molar-refractivity contribution < 1.29 is 0 Å². The van der Waals surface area contributed by atoms with E-state index in [1.54, 1.807) is 0 Å². The van der Waals surface area contributed by atoms with Crippen LogP contribution in [-0.2, 0) is 13.0 Å². The van der Waals surface area contributed by atoms with Crippen molar-refractivity contribution in [1.29, 1.82) is 0 Å². The molecular formula is C16H22N2S2. The van der Waals surface area contributed by atoms with E-state index in [4.69, 9.17) is 4.98 Å². The highest BCUT2D eigenvalue weighted by atomic mass is 32.1. The quantitative estimate of drug-likeness (QED) is 0.793. The van der Waals surface area contributed by atoms with Crippen molar-refractivity contribution in [2.24, 2.45) is 5.41 Å². The van der Waals surface area contributed by atoms with Gasteiger partial charge in [0.1, 0.15) is 0 Å². The average Bonchev–Trinajstić information content (AvgIpc) is 3.01. The molecule has 1 atom stereocenters. The Labute approximate surface area is 129 Å². The number of aryl methyl sites for hydroxylation is 1. The van der Waals surface area contributed by atoms with E-state index >= 15 is 0 Å². The van der Waals surface area contributed by atoms with Crippen molar-refractivity contribution in [1.82, 2.24) is 9.88 Å². The van der Waals surface area contributed by atoms with Gasteiger partial charge in [-0.25, -0.2) is 4.98 Å². The Morgan fingerprint density at radius 3 is 2.90 bits per heavy atom. The van der Waals surface area contributed by atoms with Crippen LogP contribution >= 0.6 is 22.7 Å². The fraction of sp³-hybridized carbons (Fsp3) is 0.562. The van der Waals surface area contributed by atoms with Gasteiger partial charge in [0.05, 0.1) is 16.7 Å². The second-order valence-electron chi connectivity index (χ2n) is 6.29. The summed E-state index contributed by atoms with van der Waals surface area (Å²) in [5, 5.41) is 5.71. The summed E-state index contributed by atoms with van der Waals surface area (Å²) in [5.41, 5.74) is 1.63. The highest BCUT2D eigenvalue weighted by Gasteiger charge is 2.46. The normalized spacial score (nSPS) is 21.9. The lowest BCUT2D eigenvalue weighted by atomic mass is 9.74. The summed E-state index contributed by atoms with van der Waals surface area (Å²) >= 11 is 3.69. The van der Waals surface area contributed by atoms with Crippen LogP contribution in [0.15, 0.2) is 22.9 Å². The Bertz CT molecular complexity index is 557. The molecule has 2 nitrogen and oxygen atoms in total. The van der Waals surface area contributed by atoms with E-state index in [1.807, 2.05) is 22.7 Å². The van der Waals surface area contributed by atoms with Gasteiger partial charge in [-0.1, -0.05) is 26.8 Å². The van der Waals surface area contributed by atoms with Crippen molar-refractivity contribution >= 4 is 22.7 Å². The first-order valence-corrected chi connectivity index (χ1v) is 9.07. The lowest BCUT2D eigenvalue weighted by Gasteiger charge is -2.54. The van der Waals surface area contributed by atoms with Crippen LogP contribution in [-0.4, -0.2) is 16.4 Å². The highest BCUT2D eigenvalue weighted by Crippen LogP contribution is 2.50. The topological polar surface area (TPSA) is 16.1 Å². The number of thiophene rings is 1. The summed E-state index contributed by atoms with van der Waals surface area (Å²) in [4.78, 5) is 8.82. The number of hydrogen-bond acceptors (Lipinski definition) is 4. The number of nitrogens with zero attached hydrogens (tertiary/aromatic N) is 2. The van der Waals surface area contributed by atoms with Gasteiger partial charge >= 0.3 is 0 Å². The van der Waals surface area contributed by atoms with Crippen LogP contribution < -0.4 is 0 Å². The van der Waals surface area contributed by atoms with E-state index in [0.29, 0.717) is 11.5 Å². The minimum Gasteiger partial charge on any atom is -0.288 e. The maximum absolute atomic E-state index is 4.77. The van der Waals surface area contributed by atoms with Crippen molar-refractivity contribution in [2.45, 2.75) is 46.2 Å². The maximum Gasteiger partial charge on any atom is 0.0928 e. The first-order valence-electron chi connectivity index (χ1n) is 7.31. The van der Waals surface area contributed by atoms with Gasteiger partial charge in [-0.15, -0.1) is 22.7 Å². The molecule has 20 heavy (non-hydrogen) atoms. The van der Waals surface area contributed by atoms with Gasteiger partial charge in [-0.05, 0) is 29.7 Å². The third kappa shape index (κ3) is 2.69. The zero-order chi connectivity index (χ0) is 14.2. The largest absolute Gasteiger partial charge is 0.288 e. The molecule has 4 heteroatoms. The molecule has 0 amide bonds. The molecule has 1 fully saturated rings. The fourth-order valence-corrected chi connectivity index (χ4v) is 5.16. The lowest BCUT2D eigenvalue weighted by Crippen LogP contribution is -2.54. The molecular weight excluding hydrogens is 284 g/mol. The van der Waals surface area contributed by atoms with E-state index in [1.165, 1.54) is 22.0 Å². The average molecular weight is 306 g/mol. The van der Waals surface area contributed by atoms with Crippen LogP contribution in [0.5, 0.6) is 0 Å². The van der Waals surface area contributed by atoms with Crippen molar-refractivity contribution in [3.63, 3.8) is 0 Å². The molecule has 2 aromatic rings. The molecule has 0 radical (unpaired) electrons. The molecule has 0 aliphatic carbocycles. The fourth-order valence-electron chi connectivity index (χ4n) is 3.20. The standard InChI is InChI=1S/C16H22N2S2/c1-4-6-14-17-12(10-20-14)9-18-11-16(2,3)15(18)13-7-5-8-19-13/h5,7-8,10,15H,4,6,9,11H2,1-3H3/t15-/m1/s1. The molecule has 3 heterocycles. The van der Waals surface area contributed by atoms with Crippen LogP contribution in [0, 0.1) is 5.41 Å². The SMILES string of the molecule is CCCc1nc(CN2CC(C)(C)[C@H]2c2cccs2)cs1. The van der Waals surface area contributed by atoms with Gasteiger partial charge in [-0.3, -0.25) is 4.90 Å². The summed E-state index contributed by atoms with van der Waals surface area (Å²) in [6, 6.07) is 4.99. The van der Waals surface area contributed by atoms with Crippen molar-refractivity contribution in [3.05, 3.63) is 38.5 Å². The van der Waals surface area contributed by atoms with Crippen LogP contribution in [0.3, 0.4) is 0 Å². The summed E-state index contributed by atoms with van der Waals surface area (Å²) in [5.74, 6) is 0. The molecule has 108 valence electrons. The monoisotopic (exact) mass is 306 g/mol. The molecule has 0 saturated carbocycles. The highest BCUT2D eigenvalue weighted by molar-refractivity contribution is 7.10. The second kappa shape index (κ2) is 5.58. The molecule has 0 bridgehead atoms. The van der Waals surface area contributed by atoms with Gasteiger partial charge in [0, 0.05) is 23.3 Å². The maximum atomic E-state index is 4.77. The molecule has 0 aromatic carbocycles. The molecule has 1 aliphatic rings.